The van der Waals surface area contributed by atoms with Crippen molar-refractivity contribution in [3.8, 4) is 5.75 Å². The number of rotatable bonds is 3. The van der Waals surface area contributed by atoms with Crippen LogP contribution in [0.1, 0.15) is 13.8 Å². The molecule has 0 aliphatic carbocycles. The maximum absolute atomic E-state index is 13.1. The molecule has 1 N–H and O–H groups in total. The molecule has 0 bridgehead atoms. The Hall–Kier alpha value is -1.72. The standard InChI is InChI=1S/C10H9F3O3/c1-10(2,9(14)15)16-8-4-6(12)5(11)3-7(8)13/h3-4H,1-2H3,(H,14,15). The Labute approximate surface area is 89.5 Å². The van der Waals surface area contributed by atoms with Gasteiger partial charge in [-0.2, -0.15) is 0 Å². The van der Waals surface area contributed by atoms with Crippen molar-refractivity contribution in [2.24, 2.45) is 0 Å². The monoisotopic (exact) mass is 234 g/mol. The van der Waals surface area contributed by atoms with Crippen LogP contribution >= 0.6 is 0 Å². The minimum absolute atomic E-state index is 0.294. The Bertz CT molecular complexity index is 430. The molecule has 0 aliphatic rings. The number of benzene rings is 1. The summed E-state index contributed by atoms with van der Waals surface area (Å²) >= 11 is 0. The zero-order chi connectivity index (χ0) is 12.5. The van der Waals surface area contributed by atoms with E-state index >= 15 is 0 Å². The quantitative estimate of drug-likeness (QED) is 0.816. The van der Waals surface area contributed by atoms with Crippen molar-refractivity contribution >= 4 is 5.97 Å². The van der Waals surface area contributed by atoms with Crippen LogP contribution in [0.2, 0.25) is 0 Å². The van der Waals surface area contributed by atoms with E-state index in [1.54, 1.807) is 0 Å². The fourth-order valence-electron chi connectivity index (χ4n) is 0.901. The summed E-state index contributed by atoms with van der Waals surface area (Å²) in [7, 11) is 0. The number of hydrogen-bond donors (Lipinski definition) is 1. The minimum Gasteiger partial charge on any atom is -0.478 e. The third kappa shape index (κ3) is 2.44. The van der Waals surface area contributed by atoms with E-state index in [0.717, 1.165) is 13.8 Å². The Morgan fingerprint density at radius 1 is 1.19 bits per heavy atom. The third-order valence-electron chi connectivity index (χ3n) is 1.85. The number of carboxylic acids is 1. The Morgan fingerprint density at radius 2 is 1.69 bits per heavy atom. The zero-order valence-electron chi connectivity index (χ0n) is 8.55. The molecule has 0 unspecified atom stereocenters. The van der Waals surface area contributed by atoms with Crippen molar-refractivity contribution in [2.75, 3.05) is 0 Å². The highest BCUT2D eigenvalue weighted by Crippen LogP contribution is 2.24. The summed E-state index contributed by atoms with van der Waals surface area (Å²) in [5.74, 6) is -5.83. The molecule has 1 rings (SSSR count). The van der Waals surface area contributed by atoms with Crippen molar-refractivity contribution in [1.82, 2.24) is 0 Å². The van der Waals surface area contributed by atoms with Crippen LogP contribution in [0.25, 0.3) is 0 Å². The van der Waals surface area contributed by atoms with Crippen LogP contribution in [0.5, 0.6) is 5.75 Å². The van der Waals surface area contributed by atoms with Gasteiger partial charge in [-0.1, -0.05) is 0 Å². The van der Waals surface area contributed by atoms with Crippen LogP contribution in [0, 0.1) is 17.5 Å². The smallest absolute Gasteiger partial charge is 0.347 e. The van der Waals surface area contributed by atoms with Gasteiger partial charge in [0.1, 0.15) is 0 Å². The second-order valence-corrected chi connectivity index (χ2v) is 3.61. The van der Waals surface area contributed by atoms with Gasteiger partial charge < -0.3 is 9.84 Å². The van der Waals surface area contributed by atoms with E-state index in [2.05, 4.69) is 0 Å². The van der Waals surface area contributed by atoms with Crippen LogP contribution in [0.3, 0.4) is 0 Å². The molecule has 0 amide bonds. The third-order valence-corrected chi connectivity index (χ3v) is 1.85. The molecule has 0 heterocycles. The van der Waals surface area contributed by atoms with E-state index in [0.29, 0.717) is 12.1 Å². The lowest BCUT2D eigenvalue weighted by Crippen LogP contribution is -2.38. The van der Waals surface area contributed by atoms with E-state index in [4.69, 9.17) is 9.84 Å². The predicted molar refractivity (Wildman–Crippen MR) is 48.7 cm³/mol. The summed E-state index contributed by atoms with van der Waals surface area (Å²) in [5, 5.41) is 8.70. The maximum Gasteiger partial charge on any atom is 0.347 e. The highest BCUT2D eigenvalue weighted by Gasteiger charge is 2.30. The highest BCUT2D eigenvalue weighted by atomic mass is 19.2. The van der Waals surface area contributed by atoms with Crippen molar-refractivity contribution < 1.29 is 27.8 Å². The van der Waals surface area contributed by atoms with Gasteiger partial charge >= 0.3 is 5.97 Å². The normalized spacial score (nSPS) is 11.3. The first-order valence-electron chi connectivity index (χ1n) is 4.31. The molecule has 1 aromatic carbocycles. The summed E-state index contributed by atoms with van der Waals surface area (Å²) in [6, 6.07) is 0.762. The van der Waals surface area contributed by atoms with E-state index in [-0.39, 0.29) is 0 Å². The number of carbonyl (C=O) groups is 1. The fourth-order valence-corrected chi connectivity index (χ4v) is 0.901. The zero-order valence-corrected chi connectivity index (χ0v) is 8.55. The summed E-state index contributed by atoms with van der Waals surface area (Å²) in [4.78, 5) is 10.7. The molecule has 0 saturated heterocycles. The first kappa shape index (κ1) is 12.4. The largest absolute Gasteiger partial charge is 0.478 e. The van der Waals surface area contributed by atoms with Crippen LogP contribution in [0.15, 0.2) is 12.1 Å². The van der Waals surface area contributed by atoms with Gasteiger partial charge in [0.15, 0.2) is 28.8 Å². The predicted octanol–water partition coefficient (Wildman–Crippen LogP) is 2.35. The van der Waals surface area contributed by atoms with Gasteiger partial charge in [0.25, 0.3) is 0 Å². The molecule has 0 aromatic heterocycles. The molecule has 16 heavy (non-hydrogen) atoms. The molecule has 0 spiro atoms. The SMILES string of the molecule is CC(C)(Oc1cc(F)c(F)cc1F)C(=O)O. The number of halogens is 3. The molecule has 3 nitrogen and oxygen atoms in total. The summed E-state index contributed by atoms with van der Waals surface area (Å²) < 4.78 is 43.2. The van der Waals surface area contributed by atoms with Gasteiger partial charge in [0.05, 0.1) is 0 Å². The van der Waals surface area contributed by atoms with Crippen LogP contribution in [0.4, 0.5) is 13.2 Å². The van der Waals surface area contributed by atoms with Gasteiger partial charge in [-0.25, -0.2) is 18.0 Å². The van der Waals surface area contributed by atoms with Crippen LogP contribution in [-0.4, -0.2) is 16.7 Å². The second-order valence-electron chi connectivity index (χ2n) is 3.61. The molecule has 0 aliphatic heterocycles. The topological polar surface area (TPSA) is 46.5 Å². The number of aliphatic carboxylic acids is 1. The van der Waals surface area contributed by atoms with Gasteiger partial charge in [0, 0.05) is 12.1 Å². The molecule has 1 aromatic rings. The van der Waals surface area contributed by atoms with E-state index < -0.39 is 34.8 Å². The highest BCUT2D eigenvalue weighted by molar-refractivity contribution is 5.76. The van der Waals surface area contributed by atoms with Gasteiger partial charge in [0.2, 0.25) is 0 Å². The van der Waals surface area contributed by atoms with E-state index in [1.165, 1.54) is 0 Å². The van der Waals surface area contributed by atoms with E-state index in [9.17, 15) is 18.0 Å². The summed E-state index contributed by atoms with van der Waals surface area (Å²) in [6.45, 7) is 2.33. The first-order valence-corrected chi connectivity index (χ1v) is 4.31. The number of hydrogen-bond acceptors (Lipinski definition) is 2. The van der Waals surface area contributed by atoms with Gasteiger partial charge in [-0.3, -0.25) is 0 Å². The molecule has 0 fully saturated rings. The Balaban J connectivity index is 3.07. The van der Waals surface area contributed by atoms with Crippen molar-refractivity contribution in [3.63, 3.8) is 0 Å². The first-order chi connectivity index (χ1) is 7.24. The summed E-state index contributed by atoms with van der Waals surface area (Å²) in [5.41, 5.74) is -1.73. The maximum atomic E-state index is 13.1. The average molecular weight is 234 g/mol. The average Bonchev–Trinajstić information content (AvgIpc) is 2.13. The van der Waals surface area contributed by atoms with Crippen molar-refractivity contribution in [1.29, 1.82) is 0 Å². The lowest BCUT2D eigenvalue weighted by Gasteiger charge is -2.21. The van der Waals surface area contributed by atoms with Crippen LogP contribution in [-0.2, 0) is 4.79 Å². The number of ether oxygens (including phenoxy) is 1. The lowest BCUT2D eigenvalue weighted by molar-refractivity contribution is -0.152. The summed E-state index contributed by atoms with van der Waals surface area (Å²) in [6.07, 6.45) is 0. The number of carboxylic acid groups (broad SMARTS) is 1. The molecular weight excluding hydrogens is 225 g/mol. The molecular formula is C10H9F3O3. The molecule has 0 atom stereocenters. The Morgan fingerprint density at radius 3 is 2.19 bits per heavy atom. The van der Waals surface area contributed by atoms with E-state index in [1.807, 2.05) is 0 Å². The lowest BCUT2D eigenvalue weighted by atomic mass is 10.1. The second kappa shape index (κ2) is 4.03. The van der Waals surface area contributed by atoms with Gasteiger partial charge in [-0.05, 0) is 13.8 Å². The Kier molecular flexibility index (Phi) is 3.11. The molecule has 0 saturated carbocycles. The fraction of sp³-hybridized carbons (Fsp3) is 0.300. The molecule has 0 radical (unpaired) electrons. The van der Waals surface area contributed by atoms with Gasteiger partial charge in [-0.15, -0.1) is 0 Å². The van der Waals surface area contributed by atoms with Crippen LogP contribution < -0.4 is 4.74 Å². The van der Waals surface area contributed by atoms with Crippen molar-refractivity contribution in [2.45, 2.75) is 19.4 Å². The molecule has 6 heteroatoms. The molecule has 88 valence electrons. The van der Waals surface area contributed by atoms with Crippen molar-refractivity contribution in [3.05, 3.63) is 29.6 Å². The minimum atomic E-state index is -1.73.